The van der Waals surface area contributed by atoms with E-state index in [4.69, 9.17) is 0 Å². The van der Waals surface area contributed by atoms with Crippen LogP contribution < -0.4 is 0 Å². The molecule has 36 heavy (non-hydrogen) atoms. The first kappa shape index (κ1) is 24.8. The summed E-state index contributed by atoms with van der Waals surface area (Å²) in [5.41, 5.74) is 6.16. The predicted molar refractivity (Wildman–Crippen MR) is 149 cm³/mol. The van der Waals surface area contributed by atoms with Crippen LogP contribution in [0, 0.1) is 23.6 Å². The second-order valence-corrected chi connectivity index (χ2v) is 11.0. The summed E-state index contributed by atoms with van der Waals surface area (Å²) in [6.45, 7) is 6.12. The van der Waals surface area contributed by atoms with Gasteiger partial charge in [-0.25, -0.2) is 4.39 Å². The monoisotopic (exact) mass is 482 g/mol. The number of benzene rings is 3. The molecule has 0 unspecified atom stereocenters. The Bertz CT molecular complexity index is 1180. The Morgan fingerprint density at radius 1 is 0.778 bits per heavy atom. The van der Waals surface area contributed by atoms with Crippen LogP contribution in [0.5, 0.6) is 5.75 Å². The average Bonchev–Trinajstić information content (AvgIpc) is 2.93. The van der Waals surface area contributed by atoms with Crippen molar-refractivity contribution in [3.8, 4) is 28.0 Å². The highest BCUT2D eigenvalue weighted by Gasteiger charge is 2.31. The van der Waals surface area contributed by atoms with E-state index in [1.807, 2.05) is 24.3 Å². The predicted octanol–water partition coefficient (Wildman–Crippen LogP) is 9.69. The fourth-order valence-corrected chi connectivity index (χ4v) is 6.77. The molecule has 0 radical (unpaired) electrons. The van der Waals surface area contributed by atoms with Gasteiger partial charge < -0.3 is 5.11 Å². The zero-order valence-corrected chi connectivity index (χ0v) is 21.6. The van der Waals surface area contributed by atoms with Crippen molar-refractivity contribution in [1.82, 2.24) is 0 Å². The van der Waals surface area contributed by atoms with Crippen molar-refractivity contribution in [2.24, 2.45) is 17.8 Å². The molecule has 2 heteroatoms. The van der Waals surface area contributed by atoms with Crippen LogP contribution in [-0.4, -0.2) is 5.11 Å². The standard InChI is InChI=1S/C34H39FO/c1-3-23-5-7-25(8-6-23)26-9-11-27(12-10-26)29-15-20-33(34(35)22-29)30-16-19-32(24(4-2)21-30)28-13-17-31(36)18-14-28/h3,13-23,25-27,36H,1,4-12H2,2H3. The molecule has 0 aliphatic heterocycles. The molecular formula is C34H39FO. The van der Waals surface area contributed by atoms with Crippen LogP contribution in [-0.2, 0) is 6.42 Å². The number of allylic oxidation sites excluding steroid dienone is 1. The van der Waals surface area contributed by atoms with E-state index in [1.54, 1.807) is 18.2 Å². The van der Waals surface area contributed by atoms with Crippen LogP contribution in [0.15, 0.2) is 73.3 Å². The molecule has 2 aliphatic rings. The SMILES string of the molecule is C=CC1CCC(C2CCC(c3ccc(-c4ccc(-c5ccc(O)cc5)c(CC)c4)c(F)c3)CC2)CC1. The van der Waals surface area contributed by atoms with E-state index in [-0.39, 0.29) is 11.6 Å². The zero-order chi connectivity index (χ0) is 25.1. The third-order valence-electron chi connectivity index (χ3n) is 9.03. The van der Waals surface area contributed by atoms with Gasteiger partial charge in [-0.3, -0.25) is 0 Å². The van der Waals surface area contributed by atoms with E-state index >= 15 is 4.39 Å². The lowest BCUT2D eigenvalue weighted by molar-refractivity contribution is 0.171. The highest BCUT2D eigenvalue weighted by atomic mass is 19.1. The van der Waals surface area contributed by atoms with Crippen LogP contribution in [0.1, 0.15) is 75.3 Å². The first-order valence-electron chi connectivity index (χ1n) is 13.9. The Morgan fingerprint density at radius 3 is 2.00 bits per heavy atom. The minimum Gasteiger partial charge on any atom is -0.508 e. The molecule has 2 aliphatic carbocycles. The molecule has 0 heterocycles. The van der Waals surface area contributed by atoms with Crippen LogP contribution in [0.4, 0.5) is 4.39 Å². The van der Waals surface area contributed by atoms with Gasteiger partial charge in [-0.1, -0.05) is 55.5 Å². The van der Waals surface area contributed by atoms with Gasteiger partial charge in [-0.15, -0.1) is 6.58 Å². The summed E-state index contributed by atoms with van der Waals surface area (Å²) in [7, 11) is 0. The van der Waals surface area contributed by atoms with Gasteiger partial charge in [0.25, 0.3) is 0 Å². The summed E-state index contributed by atoms with van der Waals surface area (Å²) in [5.74, 6) is 3.11. The molecule has 0 saturated heterocycles. The maximum Gasteiger partial charge on any atom is 0.131 e. The molecular weight excluding hydrogens is 443 g/mol. The Balaban J connectivity index is 1.27. The molecule has 1 N–H and O–H groups in total. The molecule has 3 aromatic rings. The number of phenolic OH excluding ortho intramolecular Hbond substituents is 1. The molecule has 0 aromatic heterocycles. The number of halogens is 1. The van der Waals surface area contributed by atoms with E-state index in [2.05, 4.69) is 37.8 Å². The van der Waals surface area contributed by atoms with Crippen molar-refractivity contribution < 1.29 is 9.50 Å². The second-order valence-electron chi connectivity index (χ2n) is 11.0. The summed E-state index contributed by atoms with van der Waals surface area (Å²) in [6, 6.07) is 19.5. The van der Waals surface area contributed by atoms with Gasteiger partial charge in [0.15, 0.2) is 0 Å². The van der Waals surface area contributed by atoms with E-state index in [1.165, 1.54) is 62.5 Å². The molecule has 1 nitrogen and oxygen atoms in total. The number of aromatic hydroxyl groups is 1. The minimum atomic E-state index is -0.114. The van der Waals surface area contributed by atoms with E-state index in [0.717, 1.165) is 40.9 Å². The normalized spacial score (nSPS) is 24.4. The maximum absolute atomic E-state index is 15.4. The zero-order valence-electron chi connectivity index (χ0n) is 21.6. The Hall–Kier alpha value is -2.87. The number of rotatable bonds is 6. The third kappa shape index (κ3) is 5.28. The largest absolute Gasteiger partial charge is 0.508 e. The molecule has 188 valence electrons. The van der Waals surface area contributed by atoms with E-state index < -0.39 is 0 Å². The topological polar surface area (TPSA) is 20.2 Å². The molecule has 0 bridgehead atoms. The molecule has 2 saturated carbocycles. The van der Waals surface area contributed by atoms with E-state index in [9.17, 15) is 5.11 Å². The fraction of sp³-hybridized carbons (Fsp3) is 0.412. The molecule has 0 atom stereocenters. The Labute approximate surface area is 216 Å². The summed E-state index contributed by atoms with van der Waals surface area (Å²) in [4.78, 5) is 0. The molecule has 0 amide bonds. The lowest BCUT2D eigenvalue weighted by Crippen LogP contribution is -2.25. The lowest BCUT2D eigenvalue weighted by Gasteiger charge is -2.37. The first-order valence-corrected chi connectivity index (χ1v) is 13.9. The molecule has 0 spiro atoms. The van der Waals surface area contributed by atoms with Crippen molar-refractivity contribution in [1.29, 1.82) is 0 Å². The van der Waals surface area contributed by atoms with Crippen molar-refractivity contribution in [3.05, 3.63) is 90.3 Å². The highest BCUT2D eigenvalue weighted by molar-refractivity contribution is 5.74. The molecule has 2 fully saturated rings. The molecule has 3 aromatic carbocycles. The van der Waals surface area contributed by atoms with Crippen molar-refractivity contribution in [3.63, 3.8) is 0 Å². The summed E-state index contributed by atoms with van der Waals surface area (Å²) >= 11 is 0. The summed E-state index contributed by atoms with van der Waals surface area (Å²) in [5, 5.41) is 9.62. The Morgan fingerprint density at radius 2 is 1.39 bits per heavy atom. The van der Waals surface area contributed by atoms with Crippen LogP contribution in [0.2, 0.25) is 0 Å². The second kappa shape index (κ2) is 11.0. The number of aryl methyl sites for hydroxylation is 1. The smallest absolute Gasteiger partial charge is 0.131 e. The van der Waals surface area contributed by atoms with Gasteiger partial charge in [-0.05, 0) is 127 Å². The maximum atomic E-state index is 15.4. The van der Waals surface area contributed by atoms with Crippen molar-refractivity contribution in [2.45, 2.75) is 70.6 Å². The number of hydrogen-bond donors (Lipinski definition) is 1. The van der Waals surface area contributed by atoms with Crippen LogP contribution in [0.25, 0.3) is 22.3 Å². The van der Waals surface area contributed by atoms with Gasteiger partial charge in [0.2, 0.25) is 0 Å². The summed E-state index contributed by atoms with van der Waals surface area (Å²) < 4.78 is 15.4. The van der Waals surface area contributed by atoms with Crippen molar-refractivity contribution >= 4 is 0 Å². The van der Waals surface area contributed by atoms with Gasteiger partial charge >= 0.3 is 0 Å². The minimum absolute atomic E-state index is 0.114. The summed E-state index contributed by atoms with van der Waals surface area (Å²) in [6.07, 6.45) is 13.3. The number of phenols is 1. The van der Waals surface area contributed by atoms with Gasteiger partial charge in [0.1, 0.15) is 11.6 Å². The fourth-order valence-electron chi connectivity index (χ4n) is 6.77. The van der Waals surface area contributed by atoms with Gasteiger partial charge in [0.05, 0.1) is 0 Å². The number of hydrogen-bond acceptors (Lipinski definition) is 1. The van der Waals surface area contributed by atoms with Gasteiger partial charge in [-0.2, -0.15) is 0 Å². The van der Waals surface area contributed by atoms with Crippen molar-refractivity contribution in [2.75, 3.05) is 0 Å². The Kier molecular flexibility index (Phi) is 7.60. The quantitative estimate of drug-likeness (QED) is 0.347. The highest BCUT2D eigenvalue weighted by Crippen LogP contribution is 2.44. The average molecular weight is 483 g/mol. The van der Waals surface area contributed by atoms with E-state index in [0.29, 0.717) is 11.5 Å². The van der Waals surface area contributed by atoms with Crippen LogP contribution >= 0.6 is 0 Å². The first-order chi connectivity index (χ1) is 17.6. The third-order valence-corrected chi connectivity index (χ3v) is 9.03. The van der Waals surface area contributed by atoms with Gasteiger partial charge in [0, 0.05) is 5.56 Å². The van der Waals surface area contributed by atoms with Crippen LogP contribution in [0.3, 0.4) is 0 Å². The molecule has 5 rings (SSSR count). The lowest BCUT2D eigenvalue weighted by atomic mass is 9.68.